The molecule has 2 N–H and O–H groups in total. The summed E-state index contributed by atoms with van der Waals surface area (Å²) in [6.45, 7) is 0. The lowest BCUT2D eigenvalue weighted by Crippen LogP contribution is -2.53. The Labute approximate surface area is 157 Å². The highest BCUT2D eigenvalue weighted by Crippen LogP contribution is 2.47. The van der Waals surface area contributed by atoms with Crippen LogP contribution in [-0.2, 0) is 20.2 Å². The van der Waals surface area contributed by atoms with Crippen molar-refractivity contribution in [2.75, 3.05) is 0 Å². The van der Waals surface area contributed by atoms with Gasteiger partial charge in [-0.05, 0) is 6.07 Å². The lowest BCUT2D eigenvalue weighted by Gasteiger charge is -2.36. The number of rotatable bonds is 2. The molecule has 0 saturated carbocycles. The Morgan fingerprint density at radius 1 is 1.04 bits per heavy atom. The van der Waals surface area contributed by atoms with Gasteiger partial charge in [-0.25, -0.2) is 0 Å². The summed E-state index contributed by atoms with van der Waals surface area (Å²) in [4.78, 5) is 25.5. The minimum absolute atomic E-state index is 0.0790. The molecule has 26 heavy (non-hydrogen) atoms. The molecule has 0 aromatic heterocycles. The Kier molecular flexibility index (Phi) is 4.22. The number of ketones is 2. The molecule has 1 aromatic carbocycles. The Bertz CT molecular complexity index is 1150. The second kappa shape index (κ2) is 5.72. The number of hydrogen-bond acceptors (Lipinski definition) is 6. The molecule has 0 radical (unpaired) electrons. The van der Waals surface area contributed by atoms with E-state index in [9.17, 15) is 35.5 Å². The van der Waals surface area contributed by atoms with E-state index in [1.165, 1.54) is 18.2 Å². The highest BCUT2D eigenvalue weighted by Gasteiger charge is 2.61. The standard InChI is InChI=1S/C14H8Cl2O8S2/c15-8-3-1-2-6-10(8)12(17)7-4-5-9(25(19,20)21)14(16,26(22,23)24)11(7)13(6)18/h1-5,9H,(H,19,20,21)(H,22,23,24). The first-order valence-corrected chi connectivity index (χ1v) is 10.4. The number of alkyl halides is 1. The second-order valence-electron chi connectivity index (χ2n) is 5.52. The van der Waals surface area contributed by atoms with Crippen LogP contribution in [0.15, 0.2) is 41.5 Å². The molecule has 2 atom stereocenters. The largest absolute Gasteiger partial charge is 0.291 e. The number of allylic oxidation sites excluding steroid dienone is 2. The fourth-order valence-corrected chi connectivity index (χ4v) is 6.16. The molecule has 0 saturated heterocycles. The third-order valence-electron chi connectivity index (χ3n) is 4.07. The maximum Gasteiger partial charge on any atom is 0.291 e. The van der Waals surface area contributed by atoms with Crippen molar-refractivity contribution in [1.82, 2.24) is 0 Å². The van der Waals surface area contributed by atoms with Gasteiger partial charge in [-0.1, -0.05) is 47.5 Å². The van der Waals surface area contributed by atoms with E-state index in [1.54, 1.807) is 0 Å². The number of hydrogen-bond donors (Lipinski definition) is 2. The Hall–Kier alpha value is -1.56. The van der Waals surface area contributed by atoms with Crippen LogP contribution in [0.4, 0.5) is 0 Å². The second-order valence-corrected chi connectivity index (χ2v) is 9.88. The van der Waals surface area contributed by atoms with Crippen LogP contribution in [0.2, 0.25) is 5.02 Å². The Morgan fingerprint density at radius 3 is 2.19 bits per heavy atom. The van der Waals surface area contributed by atoms with E-state index in [0.717, 1.165) is 6.08 Å². The molecule has 0 heterocycles. The summed E-state index contributed by atoms with van der Waals surface area (Å²) in [5, 5.41) is -2.49. The number of fused-ring (bicyclic) bond motifs is 1. The van der Waals surface area contributed by atoms with Crippen LogP contribution in [0.25, 0.3) is 0 Å². The summed E-state index contributed by atoms with van der Waals surface area (Å²) in [5.74, 6) is -1.98. The van der Waals surface area contributed by atoms with Crippen molar-refractivity contribution in [2.45, 2.75) is 9.46 Å². The first kappa shape index (κ1) is 19.2. The van der Waals surface area contributed by atoms with Crippen LogP contribution in [0, 0.1) is 0 Å². The minimum atomic E-state index is -5.49. The lowest BCUT2D eigenvalue weighted by molar-refractivity contribution is 0.0972. The summed E-state index contributed by atoms with van der Waals surface area (Å²) < 4.78 is 62.7. The summed E-state index contributed by atoms with van der Waals surface area (Å²) in [6.07, 6.45) is 1.47. The topological polar surface area (TPSA) is 143 Å². The monoisotopic (exact) mass is 438 g/mol. The Balaban J connectivity index is 2.43. The van der Waals surface area contributed by atoms with Gasteiger partial charge in [-0.2, -0.15) is 16.8 Å². The van der Waals surface area contributed by atoms with E-state index < -0.39 is 52.4 Å². The van der Waals surface area contributed by atoms with Crippen molar-refractivity contribution in [1.29, 1.82) is 0 Å². The van der Waals surface area contributed by atoms with Crippen LogP contribution in [0.5, 0.6) is 0 Å². The predicted octanol–water partition coefficient (Wildman–Crippen LogP) is 1.66. The summed E-state index contributed by atoms with van der Waals surface area (Å²) in [6, 6.07) is 3.83. The molecular weight excluding hydrogens is 431 g/mol. The van der Waals surface area contributed by atoms with Gasteiger partial charge in [0.2, 0.25) is 4.21 Å². The van der Waals surface area contributed by atoms with Crippen LogP contribution >= 0.6 is 23.2 Å². The SMILES string of the molecule is O=C1C2=C(C=CC(S(=O)(=O)O)C2(Cl)S(=O)(=O)O)C(=O)c2c(Cl)cccc21. The normalized spacial score (nSPS) is 25.9. The smallest absolute Gasteiger partial charge is 0.289 e. The maximum absolute atomic E-state index is 12.8. The van der Waals surface area contributed by atoms with Crippen LogP contribution in [0.1, 0.15) is 20.7 Å². The number of carbonyl (C=O) groups excluding carboxylic acids is 2. The first-order valence-electron chi connectivity index (χ1n) is 6.75. The van der Waals surface area contributed by atoms with Crippen molar-refractivity contribution < 1.29 is 35.5 Å². The number of halogens is 2. The molecule has 0 fully saturated rings. The summed E-state index contributed by atoms with van der Waals surface area (Å²) in [5.41, 5.74) is -2.02. The third kappa shape index (κ3) is 2.48. The van der Waals surface area contributed by atoms with E-state index in [0.29, 0.717) is 6.08 Å². The Morgan fingerprint density at radius 2 is 1.65 bits per heavy atom. The van der Waals surface area contributed by atoms with Gasteiger partial charge in [0.25, 0.3) is 20.2 Å². The molecule has 2 aliphatic carbocycles. The molecular formula is C14H8Cl2O8S2. The van der Waals surface area contributed by atoms with Gasteiger partial charge in [0, 0.05) is 11.1 Å². The fourth-order valence-electron chi connectivity index (χ4n) is 2.96. The highest BCUT2D eigenvalue weighted by atomic mass is 35.5. The van der Waals surface area contributed by atoms with Crippen molar-refractivity contribution in [3.63, 3.8) is 0 Å². The molecule has 1 aromatic rings. The van der Waals surface area contributed by atoms with Crippen LogP contribution < -0.4 is 0 Å². The molecule has 2 unspecified atom stereocenters. The minimum Gasteiger partial charge on any atom is -0.289 e. The highest BCUT2D eigenvalue weighted by molar-refractivity contribution is 7.92. The molecule has 138 valence electrons. The summed E-state index contributed by atoms with van der Waals surface area (Å²) in [7, 11) is -10.7. The van der Waals surface area contributed by atoms with E-state index in [2.05, 4.69) is 0 Å². The predicted molar refractivity (Wildman–Crippen MR) is 91.7 cm³/mol. The molecule has 0 bridgehead atoms. The van der Waals surface area contributed by atoms with Gasteiger partial charge in [0.05, 0.1) is 16.2 Å². The van der Waals surface area contributed by atoms with E-state index in [1.807, 2.05) is 0 Å². The molecule has 12 heteroatoms. The quantitative estimate of drug-likeness (QED) is 0.523. The van der Waals surface area contributed by atoms with Crippen LogP contribution in [-0.4, -0.2) is 47.0 Å². The number of benzene rings is 1. The molecule has 0 spiro atoms. The summed E-state index contributed by atoms with van der Waals surface area (Å²) >= 11 is 11.9. The van der Waals surface area contributed by atoms with Gasteiger partial charge < -0.3 is 0 Å². The van der Waals surface area contributed by atoms with Gasteiger partial charge in [0.1, 0.15) is 5.25 Å². The first-order chi connectivity index (χ1) is 11.8. The van der Waals surface area contributed by atoms with Crippen molar-refractivity contribution >= 4 is 55.0 Å². The van der Waals surface area contributed by atoms with Gasteiger partial charge in [-0.15, -0.1) is 0 Å². The zero-order chi connectivity index (χ0) is 19.7. The van der Waals surface area contributed by atoms with Gasteiger partial charge in [0.15, 0.2) is 11.6 Å². The van der Waals surface area contributed by atoms with Crippen molar-refractivity contribution in [3.8, 4) is 0 Å². The molecule has 2 aliphatic rings. The molecule has 0 amide bonds. The van der Waals surface area contributed by atoms with Gasteiger partial charge in [-0.3, -0.25) is 18.7 Å². The van der Waals surface area contributed by atoms with Crippen molar-refractivity contribution in [3.05, 3.63) is 57.6 Å². The third-order valence-corrected chi connectivity index (χ3v) is 8.03. The number of Topliss-reactive ketones (excluding diaryl/α,β-unsaturated/α-hetero) is 2. The molecule has 8 nitrogen and oxygen atoms in total. The maximum atomic E-state index is 12.8. The van der Waals surface area contributed by atoms with Gasteiger partial charge >= 0.3 is 0 Å². The van der Waals surface area contributed by atoms with E-state index in [-0.39, 0.29) is 16.1 Å². The zero-order valence-electron chi connectivity index (χ0n) is 12.4. The fraction of sp³-hybridized carbons (Fsp3) is 0.143. The average molecular weight is 439 g/mol. The van der Waals surface area contributed by atoms with E-state index in [4.69, 9.17) is 23.2 Å². The average Bonchev–Trinajstić information content (AvgIpc) is 2.49. The molecule has 0 aliphatic heterocycles. The molecule has 3 rings (SSSR count). The van der Waals surface area contributed by atoms with E-state index >= 15 is 0 Å². The van der Waals surface area contributed by atoms with Crippen LogP contribution in [0.3, 0.4) is 0 Å². The number of carbonyl (C=O) groups is 2. The zero-order valence-corrected chi connectivity index (χ0v) is 15.5. The van der Waals surface area contributed by atoms with Crippen molar-refractivity contribution in [2.24, 2.45) is 0 Å². The lowest BCUT2D eigenvalue weighted by atomic mass is 9.79.